The van der Waals surface area contributed by atoms with Crippen molar-refractivity contribution in [3.05, 3.63) is 28.5 Å². The van der Waals surface area contributed by atoms with Gasteiger partial charge in [-0.3, -0.25) is 0 Å². The minimum atomic E-state index is -3.32. The Morgan fingerprint density at radius 1 is 1.60 bits per heavy atom. The van der Waals surface area contributed by atoms with Gasteiger partial charge in [0.05, 0.1) is 6.04 Å². The molecule has 0 aliphatic carbocycles. The van der Waals surface area contributed by atoms with Gasteiger partial charge in [0.25, 0.3) is 5.92 Å². The average molecular weight is 304 g/mol. The molecule has 0 fully saturated rings. The largest absolute Gasteiger partial charge is 0.390 e. The van der Waals surface area contributed by atoms with E-state index in [0.717, 1.165) is 0 Å². The van der Waals surface area contributed by atoms with Crippen molar-refractivity contribution in [1.82, 2.24) is 4.98 Å². The number of hydrogen-bond acceptors (Lipinski definition) is 3. The van der Waals surface area contributed by atoms with E-state index in [1.165, 1.54) is 18.3 Å². The summed E-state index contributed by atoms with van der Waals surface area (Å²) in [6, 6.07) is 1.26. The van der Waals surface area contributed by atoms with Crippen molar-refractivity contribution in [2.75, 3.05) is 6.61 Å². The number of alkyl halides is 2. The monoisotopic (exact) mass is 302 g/mol. The molecule has 0 radical (unpaired) electrons. The molecule has 15 heavy (non-hydrogen) atoms. The summed E-state index contributed by atoms with van der Waals surface area (Å²) >= 11 is 3.05. The molecule has 0 spiro atoms. The summed E-state index contributed by atoms with van der Waals surface area (Å²) < 4.78 is 26.3. The molecule has 0 aliphatic rings. The van der Waals surface area contributed by atoms with E-state index in [1.54, 1.807) is 0 Å². The van der Waals surface area contributed by atoms with E-state index in [1.807, 2.05) is 0 Å². The lowest BCUT2D eigenvalue weighted by molar-refractivity contribution is -0.0712. The van der Waals surface area contributed by atoms with Crippen LogP contribution in [0.1, 0.15) is 11.6 Å². The molecule has 0 unspecified atom stereocenters. The molecule has 0 saturated heterocycles. The van der Waals surface area contributed by atoms with E-state index >= 15 is 0 Å². The maximum atomic E-state index is 13.0. The number of rotatable bonds is 3. The normalized spacial score (nSPS) is 13.1. The molecule has 1 rings (SSSR count). The van der Waals surface area contributed by atoms with E-state index in [0.29, 0.717) is 4.60 Å². The summed E-state index contributed by atoms with van der Waals surface area (Å²) in [5.41, 5.74) is 5.52. The summed E-state index contributed by atoms with van der Waals surface area (Å²) in [6.07, 6.45) is 1.37. The van der Waals surface area contributed by atoms with Crippen molar-refractivity contribution in [3.8, 4) is 0 Å². The Kier molecular flexibility index (Phi) is 5.58. The van der Waals surface area contributed by atoms with Crippen LogP contribution in [0.15, 0.2) is 22.9 Å². The van der Waals surface area contributed by atoms with Crippen LogP contribution in [0, 0.1) is 0 Å². The molecule has 0 bridgehead atoms. The van der Waals surface area contributed by atoms with Crippen LogP contribution in [0.3, 0.4) is 0 Å². The van der Waals surface area contributed by atoms with Gasteiger partial charge in [0.2, 0.25) is 0 Å². The van der Waals surface area contributed by atoms with Crippen molar-refractivity contribution in [1.29, 1.82) is 0 Å². The molecule has 0 saturated carbocycles. The number of nitrogens with two attached hydrogens (primary N) is 1. The number of nitrogens with zero attached hydrogens (tertiary/aromatic N) is 1. The third-order valence-corrected chi connectivity index (χ3v) is 2.21. The maximum Gasteiger partial charge on any atom is 0.289 e. The zero-order valence-electron chi connectivity index (χ0n) is 7.53. The van der Waals surface area contributed by atoms with Gasteiger partial charge < -0.3 is 10.8 Å². The highest BCUT2D eigenvalue weighted by atomic mass is 79.9. The first kappa shape index (κ1) is 14.7. The molecule has 3 nitrogen and oxygen atoms in total. The topological polar surface area (TPSA) is 59.1 Å². The minimum Gasteiger partial charge on any atom is -0.390 e. The van der Waals surface area contributed by atoms with E-state index in [-0.39, 0.29) is 18.0 Å². The average Bonchev–Trinajstić information content (AvgIpc) is 2.16. The highest BCUT2D eigenvalue weighted by Gasteiger charge is 2.37. The quantitative estimate of drug-likeness (QED) is 0.839. The predicted octanol–water partition coefficient (Wildman–Crippen LogP) is 1.89. The lowest BCUT2D eigenvalue weighted by atomic mass is 10.0. The summed E-state index contributed by atoms with van der Waals surface area (Å²) in [5, 5.41) is 8.44. The molecular weight excluding hydrogens is 293 g/mol. The molecule has 0 aromatic carbocycles. The molecule has 0 aliphatic heterocycles. The molecule has 1 aromatic rings. The third kappa shape index (κ3) is 3.64. The SMILES string of the molecule is Cl.N[C@@H](c1ccnc(Br)c1)C(F)(F)CO. The highest BCUT2D eigenvalue weighted by Crippen LogP contribution is 2.29. The molecular formula is C8H10BrClF2N2O. The van der Waals surface area contributed by atoms with E-state index in [9.17, 15) is 8.78 Å². The Labute approximate surface area is 100 Å². The highest BCUT2D eigenvalue weighted by molar-refractivity contribution is 9.10. The first-order valence-electron chi connectivity index (χ1n) is 3.83. The molecule has 3 N–H and O–H groups in total. The zero-order chi connectivity index (χ0) is 10.8. The molecule has 0 amide bonds. The van der Waals surface area contributed by atoms with Crippen molar-refractivity contribution in [3.63, 3.8) is 0 Å². The second-order valence-corrected chi connectivity index (χ2v) is 3.62. The van der Waals surface area contributed by atoms with Gasteiger partial charge in [-0.1, -0.05) is 0 Å². The van der Waals surface area contributed by atoms with Gasteiger partial charge in [-0.25, -0.2) is 13.8 Å². The summed E-state index contributed by atoms with van der Waals surface area (Å²) in [4.78, 5) is 3.78. The maximum absolute atomic E-state index is 13.0. The van der Waals surface area contributed by atoms with Gasteiger partial charge in [0.1, 0.15) is 11.2 Å². The Hall–Kier alpha value is -0.300. The van der Waals surface area contributed by atoms with Crippen molar-refractivity contribution < 1.29 is 13.9 Å². The fourth-order valence-electron chi connectivity index (χ4n) is 0.953. The van der Waals surface area contributed by atoms with Crippen molar-refractivity contribution in [2.45, 2.75) is 12.0 Å². The minimum absolute atomic E-state index is 0. The van der Waals surface area contributed by atoms with Crippen LogP contribution in [-0.2, 0) is 0 Å². The van der Waals surface area contributed by atoms with Crippen molar-refractivity contribution >= 4 is 28.3 Å². The molecule has 1 aromatic heterocycles. The van der Waals surface area contributed by atoms with Gasteiger partial charge in [-0.05, 0) is 33.6 Å². The number of aromatic nitrogens is 1. The van der Waals surface area contributed by atoms with Gasteiger partial charge in [0, 0.05) is 6.20 Å². The standard InChI is InChI=1S/C8H9BrF2N2O.ClH/c9-6-3-5(1-2-13-6)7(12)8(10,11)4-14;/h1-3,7,14H,4,12H2;1H/t7-;/m0./s1. The second-order valence-electron chi connectivity index (χ2n) is 2.81. The van der Waals surface area contributed by atoms with E-state index in [2.05, 4.69) is 20.9 Å². The molecule has 1 atom stereocenters. The van der Waals surface area contributed by atoms with Crippen LogP contribution in [-0.4, -0.2) is 22.6 Å². The third-order valence-electron chi connectivity index (χ3n) is 1.78. The van der Waals surface area contributed by atoms with Crippen LogP contribution in [0.25, 0.3) is 0 Å². The predicted molar refractivity (Wildman–Crippen MR) is 58.1 cm³/mol. The van der Waals surface area contributed by atoms with Crippen LogP contribution in [0.5, 0.6) is 0 Å². The smallest absolute Gasteiger partial charge is 0.289 e. The van der Waals surface area contributed by atoms with Gasteiger partial charge >= 0.3 is 0 Å². The van der Waals surface area contributed by atoms with Gasteiger partial charge in [-0.15, -0.1) is 12.4 Å². The first-order chi connectivity index (χ1) is 6.47. The summed E-state index contributed by atoms with van der Waals surface area (Å²) in [5.74, 6) is -3.32. The van der Waals surface area contributed by atoms with Crippen LogP contribution >= 0.6 is 28.3 Å². The lowest BCUT2D eigenvalue weighted by Gasteiger charge is -2.21. The number of pyridine rings is 1. The molecule has 86 valence electrons. The zero-order valence-corrected chi connectivity index (χ0v) is 9.93. The molecule has 7 heteroatoms. The number of halogens is 4. The summed E-state index contributed by atoms with van der Waals surface area (Å²) in [6.45, 7) is -1.27. The van der Waals surface area contributed by atoms with E-state index < -0.39 is 18.6 Å². The number of aliphatic hydroxyl groups is 1. The Balaban J connectivity index is 0.00000196. The number of hydrogen-bond donors (Lipinski definition) is 2. The summed E-state index contributed by atoms with van der Waals surface area (Å²) in [7, 11) is 0. The number of aliphatic hydroxyl groups excluding tert-OH is 1. The lowest BCUT2D eigenvalue weighted by Crippen LogP contribution is -2.36. The fraction of sp³-hybridized carbons (Fsp3) is 0.375. The van der Waals surface area contributed by atoms with Crippen LogP contribution in [0.2, 0.25) is 0 Å². The fourth-order valence-corrected chi connectivity index (χ4v) is 1.34. The Morgan fingerprint density at radius 2 is 2.20 bits per heavy atom. The van der Waals surface area contributed by atoms with Crippen LogP contribution in [0.4, 0.5) is 8.78 Å². The van der Waals surface area contributed by atoms with E-state index in [4.69, 9.17) is 10.8 Å². The van der Waals surface area contributed by atoms with Gasteiger partial charge in [0.15, 0.2) is 0 Å². The Bertz CT molecular complexity index is 327. The molecule has 1 heterocycles. The van der Waals surface area contributed by atoms with Crippen molar-refractivity contribution in [2.24, 2.45) is 5.73 Å². The van der Waals surface area contributed by atoms with Gasteiger partial charge in [-0.2, -0.15) is 0 Å². The first-order valence-corrected chi connectivity index (χ1v) is 4.62. The Morgan fingerprint density at radius 3 is 2.67 bits per heavy atom. The van der Waals surface area contributed by atoms with Crippen LogP contribution < -0.4 is 5.73 Å². The second kappa shape index (κ2) is 5.69.